The van der Waals surface area contributed by atoms with Gasteiger partial charge in [0.05, 0.1) is 23.0 Å². The molecule has 3 aromatic carbocycles. The van der Waals surface area contributed by atoms with Gasteiger partial charge in [-0.2, -0.15) is 4.31 Å². The molecule has 10 heteroatoms. The molecular formula is C32H36ClFN2O5S. The van der Waals surface area contributed by atoms with Crippen molar-refractivity contribution in [3.05, 3.63) is 93.8 Å². The number of nitrogens with one attached hydrogen (secondary N) is 1. The molecule has 0 unspecified atom stereocenters. The minimum absolute atomic E-state index is 0.0185. The second-order valence-corrected chi connectivity index (χ2v) is 13.1. The van der Waals surface area contributed by atoms with Gasteiger partial charge < -0.3 is 10.1 Å². The van der Waals surface area contributed by atoms with E-state index in [-0.39, 0.29) is 41.4 Å². The van der Waals surface area contributed by atoms with Crippen molar-refractivity contribution in [3.8, 4) is 0 Å². The Bertz CT molecular complexity index is 1520. The number of esters is 1. The van der Waals surface area contributed by atoms with E-state index in [9.17, 15) is 22.4 Å². The monoisotopic (exact) mass is 614 g/mol. The van der Waals surface area contributed by atoms with Crippen LogP contribution < -0.4 is 5.32 Å². The van der Waals surface area contributed by atoms with Crippen molar-refractivity contribution in [1.82, 2.24) is 4.31 Å². The molecule has 0 radical (unpaired) electrons. The van der Waals surface area contributed by atoms with E-state index in [1.165, 1.54) is 10.4 Å². The zero-order valence-corrected chi connectivity index (χ0v) is 25.6. The Labute approximate surface area is 252 Å². The summed E-state index contributed by atoms with van der Waals surface area (Å²) in [6.07, 6.45) is 2.58. The number of hydrogen-bond donors (Lipinski definition) is 1. The number of carbonyl (C=O) groups is 2. The largest absolute Gasteiger partial charge is 0.466 e. The summed E-state index contributed by atoms with van der Waals surface area (Å²) >= 11 is 6.05. The van der Waals surface area contributed by atoms with Crippen LogP contribution in [0.25, 0.3) is 0 Å². The molecule has 0 atom stereocenters. The number of carbonyl (C=O) groups excluding carboxylic acids is 2. The van der Waals surface area contributed by atoms with E-state index in [4.69, 9.17) is 16.3 Å². The summed E-state index contributed by atoms with van der Waals surface area (Å²) in [5.74, 6) is -1.93. The normalized spacial score (nSPS) is 17.2. The van der Waals surface area contributed by atoms with Gasteiger partial charge in [0.1, 0.15) is 5.82 Å². The Morgan fingerprint density at radius 1 is 1.00 bits per heavy atom. The van der Waals surface area contributed by atoms with Crippen LogP contribution in [-0.4, -0.2) is 37.8 Å². The van der Waals surface area contributed by atoms with Crippen LogP contribution in [0.3, 0.4) is 0 Å². The lowest BCUT2D eigenvalue weighted by Gasteiger charge is -2.31. The van der Waals surface area contributed by atoms with Crippen molar-refractivity contribution >= 4 is 39.2 Å². The van der Waals surface area contributed by atoms with Gasteiger partial charge >= 0.3 is 5.97 Å². The number of halogens is 2. The number of ether oxygens (including phenoxy) is 1. The Morgan fingerprint density at radius 3 is 2.26 bits per heavy atom. The molecule has 0 bridgehead atoms. The molecule has 0 saturated heterocycles. The van der Waals surface area contributed by atoms with Crippen LogP contribution in [0.2, 0.25) is 5.02 Å². The van der Waals surface area contributed by atoms with Crippen LogP contribution in [0.1, 0.15) is 59.7 Å². The minimum Gasteiger partial charge on any atom is -0.466 e. The summed E-state index contributed by atoms with van der Waals surface area (Å²) in [6.45, 7) is 6.04. The van der Waals surface area contributed by atoms with Gasteiger partial charge in [-0.3, -0.25) is 9.59 Å². The van der Waals surface area contributed by atoms with Crippen LogP contribution >= 0.6 is 11.6 Å². The highest BCUT2D eigenvalue weighted by Crippen LogP contribution is 2.32. The van der Waals surface area contributed by atoms with Crippen LogP contribution in [0.4, 0.5) is 10.1 Å². The average Bonchev–Trinajstić information content (AvgIpc) is 2.96. The smallest absolute Gasteiger partial charge is 0.308 e. The zero-order chi connectivity index (χ0) is 30.4. The Kier molecular flexibility index (Phi) is 10.4. The third-order valence-corrected chi connectivity index (χ3v) is 9.80. The first-order chi connectivity index (χ1) is 20.0. The van der Waals surface area contributed by atoms with Gasteiger partial charge in [0.2, 0.25) is 10.0 Å². The van der Waals surface area contributed by atoms with E-state index in [0.717, 1.165) is 28.8 Å². The van der Waals surface area contributed by atoms with Crippen molar-refractivity contribution in [3.63, 3.8) is 0 Å². The molecule has 0 heterocycles. The first-order valence-electron chi connectivity index (χ1n) is 14.1. The van der Waals surface area contributed by atoms with Crippen molar-refractivity contribution in [2.45, 2.75) is 57.9 Å². The number of aryl methyl sites for hydroxylation is 2. The molecule has 4 rings (SSSR count). The molecule has 1 N–H and O–H groups in total. The first-order valence-corrected chi connectivity index (χ1v) is 15.9. The van der Waals surface area contributed by atoms with Crippen LogP contribution in [0.5, 0.6) is 0 Å². The van der Waals surface area contributed by atoms with Crippen LogP contribution in [-0.2, 0) is 26.1 Å². The third kappa shape index (κ3) is 7.56. The minimum atomic E-state index is -4.15. The number of nitrogens with zero attached hydrogens (tertiary/aromatic N) is 1. The molecule has 0 aliphatic heterocycles. The molecule has 1 aliphatic carbocycles. The molecular weight excluding hydrogens is 579 g/mol. The van der Waals surface area contributed by atoms with Gasteiger partial charge in [-0.25, -0.2) is 12.8 Å². The summed E-state index contributed by atoms with van der Waals surface area (Å²) in [5.41, 5.74) is 2.54. The number of rotatable bonds is 10. The lowest BCUT2D eigenvalue weighted by molar-refractivity contribution is -0.149. The maximum absolute atomic E-state index is 14.9. The van der Waals surface area contributed by atoms with E-state index in [2.05, 4.69) is 5.32 Å². The van der Waals surface area contributed by atoms with E-state index in [1.807, 2.05) is 32.0 Å². The summed E-state index contributed by atoms with van der Waals surface area (Å²) in [6, 6.07) is 15.7. The number of sulfonamides is 1. The second-order valence-electron chi connectivity index (χ2n) is 10.8. The molecule has 1 fully saturated rings. The van der Waals surface area contributed by atoms with E-state index in [0.29, 0.717) is 43.0 Å². The summed E-state index contributed by atoms with van der Waals surface area (Å²) in [4.78, 5) is 25.2. The van der Waals surface area contributed by atoms with Gasteiger partial charge in [-0.15, -0.1) is 0 Å². The molecule has 1 saturated carbocycles. The summed E-state index contributed by atoms with van der Waals surface area (Å²) < 4.78 is 49.6. The maximum Gasteiger partial charge on any atom is 0.308 e. The highest BCUT2D eigenvalue weighted by molar-refractivity contribution is 7.89. The molecule has 224 valence electrons. The Hall–Kier alpha value is -3.27. The number of amides is 1. The fourth-order valence-electron chi connectivity index (χ4n) is 5.35. The predicted octanol–water partition coefficient (Wildman–Crippen LogP) is 6.91. The molecule has 1 aliphatic rings. The quantitative estimate of drug-likeness (QED) is 0.251. The molecule has 0 aromatic heterocycles. The summed E-state index contributed by atoms with van der Waals surface area (Å²) in [7, 11) is -4.15. The highest BCUT2D eigenvalue weighted by Gasteiger charge is 2.33. The fraction of sp³-hybridized carbons (Fsp3) is 0.375. The van der Waals surface area contributed by atoms with Gasteiger partial charge in [0.15, 0.2) is 0 Å². The van der Waals surface area contributed by atoms with E-state index < -0.39 is 21.7 Å². The van der Waals surface area contributed by atoms with Gasteiger partial charge in [0.25, 0.3) is 5.91 Å². The van der Waals surface area contributed by atoms with E-state index >= 15 is 0 Å². The van der Waals surface area contributed by atoms with Crippen molar-refractivity contribution in [2.75, 3.05) is 18.5 Å². The SMILES string of the molecule is CCOC(=O)C1CCC(CN(Cc2ccc(Cl)cc2)S(=O)(=O)c2ccc(F)c(C(=O)Nc3c(C)cccc3C)c2)CC1. The second kappa shape index (κ2) is 13.8. The Morgan fingerprint density at radius 2 is 1.64 bits per heavy atom. The van der Waals surface area contributed by atoms with Crippen molar-refractivity contribution in [2.24, 2.45) is 11.8 Å². The predicted molar refractivity (Wildman–Crippen MR) is 161 cm³/mol. The number of benzene rings is 3. The molecule has 3 aromatic rings. The van der Waals surface area contributed by atoms with Gasteiger partial charge in [0, 0.05) is 23.8 Å². The highest BCUT2D eigenvalue weighted by atomic mass is 35.5. The van der Waals surface area contributed by atoms with E-state index in [1.54, 1.807) is 31.2 Å². The van der Waals surface area contributed by atoms with Gasteiger partial charge in [-0.05, 0) is 99.4 Å². The number of hydrogen-bond acceptors (Lipinski definition) is 5. The van der Waals surface area contributed by atoms with Crippen molar-refractivity contribution < 1.29 is 27.1 Å². The third-order valence-electron chi connectivity index (χ3n) is 7.74. The molecule has 7 nitrogen and oxygen atoms in total. The Balaban J connectivity index is 1.60. The molecule has 0 spiro atoms. The lowest BCUT2D eigenvalue weighted by Crippen LogP contribution is -2.37. The topological polar surface area (TPSA) is 92.8 Å². The lowest BCUT2D eigenvalue weighted by atomic mass is 9.82. The number of anilines is 1. The van der Waals surface area contributed by atoms with Crippen molar-refractivity contribution in [1.29, 1.82) is 0 Å². The average molecular weight is 615 g/mol. The molecule has 1 amide bonds. The standard InChI is InChI=1S/C32H36ClFN2O5S/c1-4-41-32(38)25-12-8-23(9-13-25)19-36(20-24-10-14-26(33)15-11-24)42(39,40)27-16-17-29(34)28(18-27)31(37)35-30-21(2)6-5-7-22(30)3/h5-7,10-11,14-18,23,25H,4,8-9,12-13,19-20H2,1-3H3,(H,35,37). The number of para-hydroxylation sites is 1. The van der Waals surface area contributed by atoms with Gasteiger partial charge in [-0.1, -0.05) is 41.9 Å². The molecule has 42 heavy (non-hydrogen) atoms. The first kappa shape index (κ1) is 31.7. The van der Waals surface area contributed by atoms with Crippen LogP contribution in [0.15, 0.2) is 65.6 Å². The fourth-order valence-corrected chi connectivity index (χ4v) is 7.01. The summed E-state index contributed by atoms with van der Waals surface area (Å²) in [5, 5.41) is 3.27. The van der Waals surface area contributed by atoms with Crippen LogP contribution in [0, 0.1) is 31.5 Å². The zero-order valence-electron chi connectivity index (χ0n) is 24.0. The maximum atomic E-state index is 14.9.